The van der Waals surface area contributed by atoms with Gasteiger partial charge in [-0.05, 0) is 26.8 Å². The number of hydrogen-bond donors (Lipinski definition) is 2. The number of nitrogens with one attached hydrogen (secondary N) is 2. The molecule has 6 nitrogen and oxygen atoms in total. The van der Waals surface area contributed by atoms with Crippen LogP contribution in [-0.2, 0) is 4.74 Å². The van der Waals surface area contributed by atoms with E-state index < -0.39 is 11.7 Å². The minimum atomic E-state index is -0.567. The predicted molar refractivity (Wildman–Crippen MR) is 63.8 cm³/mol. The van der Waals surface area contributed by atoms with E-state index in [2.05, 4.69) is 15.8 Å². The minimum absolute atomic E-state index is 0.459. The van der Waals surface area contributed by atoms with E-state index in [-0.39, 0.29) is 0 Å². The van der Waals surface area contributed by atoms with E-state index in [1.54, 1.807) is 39.0 Å². The third kappa shape index (κ3) is 5.05. The van der Waals surface area contributed by atoms with Gasteiger partial charge in [0, 0.05) is 6.07 Å². The van der Waals surface area contributed by atoms with Gasteiger partial charge in [-0.25, -0.2) is 10.2 Å². The summed E-state index contributed by atoms with van der Waals surface area (Å²) in [5, 5.41) is 0. The first-order valence-corrected chi connectivity index (χ1v) is 5.17. The Bertz CT molecular complexity index is 388. The molecule has 0 saturated carbocycles. The highest BCUT2D eigenvalue weighted by Gasteiger charge is 2.15. The van der Waals surface area contributed by atoms with Crippen molar-refractivity contribution in [2.24, 2.45) is 0 Å². The molecule has 1 amide bonds. The topological polar surface area (TPSA) is 72.5 Å². The van der Waals surface area contributed by atoms with Gasteiger partial charge in [0.05, 0.1) is 7.11 Å². The van der Waals surface area contributed by atoms with Crippen LogP contribution in [0.3, 0.4) is 0 Å². The zero-order valence-electron chi connectivity index (χ0n) is 10.4. The van der Waals surface area contributed by atoms with Crippen LogP contribution in [0.1, 0.15) is 20.8 Å². The van der Waals surface area contributed by atoms with Crippen LogP contribution in [-0.4, -0.2) is 23.8 Å². The Hall–Kier alpha value is -1.98. The molecule has 0 saturated heterocycles. The quantitative estimate of drug-likeness (QED) is 0.789. The zero-order chi connectivity index (χ0) is 12.9. The first kappa shape index (κ1) is 13.1. The summed E-state index contributed by atoms with van der Waals surface area (Å²) in [6, 6.07) is 5.16. The first-order valence-electron chi connectivity index (χ1n) is 5.17. The van der Waals surface area contributed by atoms with Crippen LogP contribution in [0.15, 0.2) is 18.2 Å². The third-order valence-electron chi connectivity index (χ3n) is 1.62. The number of methoxy groups -OCH3 is 1. The van der Waals surface area contributed by atoms with Crippen molar-refractivity contribution in [2.75, 3.05) is 12.5 Å². The molecular formula is C11H17N3O3. The largest absolute Gasteiger partial charge is 0.481 e. The molecule has 17 heavy (non-hydrogen) atoms. The number of nitrogens with zero attached hydrogens (tertiary/aromatic N) is 1. The molecule has 94 valence electrons. The van der Waals surface area contributed by atoms with Crippen molar-refractivity contribution in [1.29, 1.82) is 0 Å². The Kier molecular flexibility index (Phi) is 4.14. The number of rotatable bonds is 3. The second-order valence-electron chi connectivity index (χ2n) is 4.32. The van der Waals surface area contributed by atoms with Crippen molar-refractivity contribution in [1.82, 2.24) is 10.4 Å². The van der Waals surface area contributed by atoms with Gasteiger partial charge in [-0.2, -0.15) is 4.98 Å². The minimum Gasteiger partial charge on any atom is -0.481 e. The summed E-state index contributed by atoms with van der Waals surface area (Å²) in [4.78, 5) is 15.4. The van der Waals surface area contributed by atoms with Crippen molar-refractivity contribution in [3.8, 4) is 5.88 Å². The number of hydrogen-bond acceptors (Lipinski definition) is 5. The van der Waals surface area contributed by atoms with Crippen molar-refractivity contribution in [3.63, 3.8) is 0 Å². The number of ether oxygens (including phenoxy) is 2. The molecule has 0 atom stereocenters. The maximum Gasteiger partial charge on any atom is 0.426 e. The van der Waals surface area contributed by atoms with Crippen LogP contribution >= 0.6 is 0 Å². The van der Waals surface area contributed by atoms with Crippen LogP contribution in [0.25, 0.3) is 0 Å². The van der Waals surface area contributed by atoms with E-state index in [1.807, 2.05) is 0 Å². The second kappa shape index (κ2) is 5.38. The fraction of sp³-hybridized carbons (Fsp3) is 0.455. The lowest BCUT2D eigenvalue weighted by Crippen LogP contribution is -2.36. The van der Waals surface area contributed by atoms with E-state index >= 15 is 0 Å². The van der Waals surface area contributed by atoms with Gasteiger partial charge >= 0.3 is 6.09 Å². The number of carbonyl (C=O) groups excluding carboxylic acids is 1. The first-order chi connectivity index (χ1) is 7.90. The fourth-order valence-corrected chi connectivity index (χ4v) is 1.02. The maximum absolute atomic E-state index is 11.3. The normalized spacial score (nSPS) is 10.6. The molecule has 0 spiro atoms. The Morgan fingerprint density at radius 3 is 2.65 bits per heavy atom. The van der Waals surface area contributed by atoms with E-state index in [0.29, 0.717) is 11.7 Å². The van der Waals surface area contributed by atoms with Gasteiger partial charge in [-0.1, -0.05) is 6.07 Å². The molecule has 6 heteroatoms. The van der Waals surface area contributed by atoms with Crippen molar-refractivity contribution in [3.05, 3.63) is 18.2 Å². The standard InChI is InChI=1S/C11H17N3O3/c1-11(2,3)17-10(15)14-13-8-6-5-7-9(12-8)16-4/h5-7H,1-4H3,(H,12,13)(H,14,15). The summed E-state index contributed by atoms with van der Waals surface area (Å²) in [6.07, 6.45) is -0.567. The van der Waals surface area contributed by atoms with Crippen LogP contribution in [0.2, 0.25) is 0 Å². The van der Waals surface area contributed by atoms with Gasteiger partial charge in [0.15, 0.2) is 0 Å². The summed E-state index contributed by atoms with van der Waals surface area (Å²) < 4.78 is 9.99. The van der Waals surface area contributed by atoms with E-state index in [9.17, 15) is 4.79 Å². The lowest BCUT2D eigenvalue weighted by molar-refractivity contribution is 0.0541. The zero-order valence-corrected chi connectivity index (χ0v) is 10.4. The molecule has 1 rings (SSSR count). The Balaban J connectivity index is 2.47. The van der Waals surface area contributed by atoms with Gasteiger partial charge in [0.2, 0.25) is 5.88 Å². The molecule has 1 aromatic heterocycles. The molecule has 0 aliphatic carbocycles. The van der Waals surface area contributed by atoms with Gasteiger partial charge in [-0.15, -0.1) is 0 Å². The van der Waals surface area contributed by atoms with Crippen molar-refractivity contribution < 1.29 is 14.3 Å². The third-order valence-corrected chi connectivity index (χ3v) is 1.62. The van der Waals surface area contributed by atoms with Crippen LogP contribution in [0.4, 0.5) is 10.6 Å². The summed E-state index contributed by atoms with van der Waals surface area (Å²) in [6.45, 7) is 5.36. The SMILES string of the molecule is COc1cccc(NNC(=O)OC(C)(C)C)n1. The molecule has 0 fully saturated rings. The molecule has 1 aromatic rings. The number of amides is 1. The smallest absolute Gasteiger partial charge is 0.426 e. The van der Waals surface area contributed by atoms with Crippen LogP contribution < -0.4 is 15.6 Å². The number of carbonyl (C=O) groups is 1. The molecule has 0 aromatic carbocycles. The van der Waals surface area contributed by atoms with Crippen LogP contribution in [0.5, 0.6) is 5.88 Å². The number of anilines is 1. The van der Waals surface area contributed by atoms with Crippen molar-refractivity contribution in [2.45, 2.75) is 26.4 Å². The second-order valence-corrected chi connectivity index (χ2v) is 4.32. The lowest BCUT2D eigenvalue weighted by atomic mass is 10.2. The lowest BCUT2D eigenvalue weighted by Gasteiger charge is -2.19. The Morgan fingerprint density at radius 1 is 1.35 bits per heavy atom. The average Bonchev–Trinajstić information content (AvgIpc) is 2.24. The summed E-state index contributed by atoms with van der Waals surface area (Å²) >= 11 is 0. The molecule has 1 heterocycles. The molecular weight excluding hydrogens is 222 g/mol. The molecule has 0 aliphatic heterocycles. The van der Waals surface area contributed by atoms with Crippen LogP contribution in [0, 0.1) is 0 Å². The Morgan fingerprint density at radius 2 is 2.06 bits per heavy atom. The maximum atomic E-state index is 11.3. The Labute approximate surface area is 100 Å². The predicted octanol–water partition coefficient (Wildman–Crippen LogP) is 1.94. The fourth-order valence-electron chi connectivity index (χ4n) is 1.02. The summed E-state index contributed by atoms with van der Waals surface area (Å²) in [5.74, 6) is 0.927. The van der Waals surface area contributed by atoms with E-state index in [0.717, 1.165) is 0 Å². The van der Waals surface area contributed by atoms with E-state index in [1.165, 1.54) is 7.11 Å². The molecule has 0 bridgehead atoms. The van der Waals surface area contributed by atoms with Gasteiger partial charge in [-0.3, -0.25) is 5.43 Å². The summed E-state index contributed by atoms with van der Waals surface area (Å²) in [7, 11) is 1.52. The number of hydrazine groups is 1. The average molecular weight is 239 g/mol. The highest BCUT2D eigenvalue weighted by Crippen LogP contribution is 2.10. The monoisotopic (exact) mass is 239 g/mol. The van der Waals surface area contributed by atoms with E-state index in [4.69, 9.17) is 9.47 Å². The van der Waals surface area contributed by atoms with Gasteiger partial charge < -0.3 is 9.47 Å². The highest BCUT2D eigenvalue weighted by molar-refractivity contribution is 5.69. The molecule has 0 unspecified atom stereocenters. The molecule has 0 radical (unpaired) electrons. The highest BCUT2D eigenvalue weighted by atomic mass is 16.6. The van der Waals surface area contributed by atoms with Gasteiger partial charge in [0.1, 0.15) is 11.4 Å². The molecule has 2 N–H and O–H groups in total. The van der Waals surface area contributed by atoms with Gasteiger partial charge in [0.25, 0.3) is 0 Å². The number of pyridine rings is 1. The molecule has 0 aliphatic rings. The summed E-state index contributed by atoms with van der Waals surface area (Å²) in [5.41, 5.74) is 4.47. The number of aromatic nitrogens is 1. The van der Waals surface area contributed by atoms with Crippen molar-refractivity contribution >= 4 is 11.9 Å².